The van der Waals surface area contributed by atoms with Gasteiger partial charge >= 0.3 is 0 Å². The van der Waals surface area contributed by atoms with Crippen LogP contribution in [-0.4, -0.2) is 30.0 Å². The fourth-order valence-corrected chi connectivity index (χ4v) is 2.83. The zero-order chi connectivity index (χ0) is 12.3. The number of rotatable bonds is 5. The van der Waals surface area contributed by atoms with Crippen LogP contribution in [0.1, 0.15) is 29.4 Å². The number of nitrogens with two attached hydrogens (primary N) is 1. The van der Waals surface area contributed by atoms with Gasteiger partial charge in [-0.1, -0.05) is 13.8 Å². The normalized spacial score (nSPS) is 11.7. The molecule has 0 aliphatic carbocycles. The van der Waals surface area contributed by atoms with Crippen LogP contribution in [0.2, 0.25) is 0 Å². The summed E-state index contributed by atoms with van der Waals surface area (Å²) >= 11 is 1.79. The molecule has 1 aromatic rings. The molecule has 0 amide bonds. The average molecular weight is 278 g/mol. The monoisotopic (exact) mass is 277 g/mol. The van der Waals surface area contributed by atoms with Crippen molar-refractivity contribution in [3.8, 4) is 0 Å². The minimum atomic E-state index is 0. The summed E-state index contributed by atoms with van der Waals surface area (Å²) in [7, 11) is 2.14. The molecule has 3 nitrogen and oxygen atoms in total. The van der Waals surface area contributed by atoms with Gasteiger partial charge in [0.25, 0.3) is 0 Å². The van der Waals surface area contributed by atoms with E-state index in [-0.39, 0.29) is 17.8 Å². The van der Waals surface area contributed by atoms with Crippen LogP contribution in [0, 0.1) is 19.3 Å². The van der Waals surface area contributed by atoms with E-state index in [4.69, 9.17) is 5.73 Å². The molecule has 5 heteroatoms. The van der Waals surface area contributed by atoms with Gasteiger partial charge in [0.1, 0.15) is 0 Å². The number of aromatic nitrogens is 1. The quantitative estimate of drug-likeness (QED) is 0.900. The third-order valence-electron chi connectivity index (χ3n) is 2.66. The van der Waals surface area contributed by atoms with Crippen molar-refractivity contribution in [2.45, 2.75) is 34.2 Å². The van der Waals surface area contributed by atoms with Crippen molar-refractivity contribution in [1.29, 1.82) is 0 Å². The Morgan fingerprint density at radius 3 is 2.35 bits per heavy atom. The first kappa shape index (κ1) is 16.8. The summed E-state index contributed by atoms with van der Waals surface area (Å²) in [6, 6.07) is 0. The van der Waals surface area contributed by atoms with Crippen molar-refractivity contribution in [1.82, 2.24) is 9.88 Å². The van der Waals surface area contributed by atoms with Gasteiger partial charge in [-0.2, -0.15) is 0 Å². The molecule has 0 atom stereocenters. The standard InChI is InChI=1S/C12H23N3S.ClH/c1-9-11(16-10(2)14-9)6-15(5)8-12(3,4)7-13;/h6-8,13H2,1-5H3;1H. The molecule has 2 N–H and O–H groups in total. The maximum absolute atomic E-state index is 5.75. The molecule has 0 fully saturated rings. The number of nitrogens with zero attached hydrogens (tertiary/aromatic N) is 2. The average Bonchev–Trinajstić information content (AvgIpc) is 2.44. The largest absolute Gasteiger partial charge is 0.330 e. The highest BCUT2D eigenvalue weighted by Crippen LogP contribution is 2.21. The number of hydrogen-bond acceptors (Lipinski definition) is 4. The second-order valence-electron chi connectivity index (χ2n) is 5.28. The lowest BCUT2D eigenvalue weighted by atomic mass is 9.93. The van der Waals surface area contributed by atoms with E-state index in [1.54, 1.807) is 11.3 Å². The fourth-order valence-electron chi connectivity index (χ4n) is 1.82. The van der Waals surface area contributed by atoms with Crippen LogP contribution in [0.25, 0.3) is 0 Å². The van der Waals surface area contributed by atoms with Crippen molar-refractivity contribution in [3.05, 3.63) is 15.6 Å². The fraction of sp³-hybridized carbons (Fsp3) is 0.750. The Balaban J connectivity index is 0.00000256. The van der Waals surface area contributed by atoms with E-state index < -0.39 is 0 Å². The molecule has 0 aliphatic heterocycles. The van der Waals surface area contributed by atoms with Gasteiger partial charge in [0.05, 0.1) is 10.7 Å². The van der Waals surface area contributed by atoms with Crippen LogP contribution >= 0.6 is 23.7 Å². The Labute approximate surface area is 115 Å². The number of thiazole rings is 1. The Morgan fingerprint density at radius 2 is 1.94 bits per heavy atom. The molecule has 1 heterocycles. The predicted molar refractivity (Wildman–Crippen MR) is 78.0 cm³/mol. The molecule has 0 unspecified atom stereocenters. The summed E-state index contributed by atoms with van der Waals surface area (Å²) in [5.41, 5.74) is 7.10. The van der Waals surface area contributed by atoms with E-state index in [1.807, 2.05) is 0 Å². The second-order valence-corrected chi connectivity index (χ2v) is 6.57. The molecule has 0 aliphatic rings. The van der Waals surface area contributed by atoms with Crippen molar-refractivity contribution >= 4 is 23.7 Å². The van der Waals surface area contributed by atoms with Crippen LogP contribution in [-0.2, 0) is 6.54 Å². The lowest BCUT2D eigenvalue weighted by Gasteiger charge is -2.28. The summed E-state index contributed by atoms with van der Waals surface area (Å²) in [4.78, 5) is 8.14. The van der Waals surface area contributed by atoms with E-state index in [1.165, 1.54) is 10.6 Å². The van der Waals surface area contributed by atoms with E-state index >= 15 is 0 Å². The van der Waals surface area contributed by atoms with Gasteiger partial charge in [0, 0.05) is 18.0 Å². The van der Waals surface area contributed by atoms with Gasteiger partial charge in [-0.3, -0.25) is 0 Å². The third kappa shape index (κ3) is 5.34. The maximum Gasteiger partial charge on any atom is 0.0900 e. The minimum absolute atomic E-state index is 0. The number of halogens is 1. The van der Waals surface area contributed by atoms with Gasteiger partial charge in [0.2, 0.25) is 0 Å². The minimum Gasteiger partial charge on any atom is -0.330 e. The predicted octanol–water partition coefficient (Wildman–Crippen LogP) is 2.60. The Hall–Kier alpha value is -0.160. The van der Waals surface area contributed by atoms with Crippen LogP contribution in [0.15, 0.2) is 0 Å². The Morgan fingerprint density at radius 1 is 1.35 bits per heavy atom. The SMILES string of the molecule is Cc1nc(C)c(CN(C)CC(C)(C)CN)s1.Cl. The topological polar surface area (TPSA) is 42.2 Å². The first-order chi connectivity index (χ1) is 7.34. The molecule has 17 heavy (non-hydrogen) atoms. The molecule has 1 rings (SSSR count). The zero-order valence-corrected chi connectivity index (χ0v) is 13.0. The second kappa shape index (κ2) is 6.69. The van der Waals surface area contributed by atoms with Crippen LogP contribution in [0.4, 0.5) is 0 Å². The Kier molecular flexibility index (Phi) is 6.62. The molecular formula is C12H24ClN3S. The van der Waals surface area contributed by atoms with E-state index in [9.17, 15) is 0 Å². The maximum atomic E-state index is 5.75. The number of hydrogen-bond donors (Lipinski definition) is 1. The van der Waals surface area contributed by atoms with Crippen LogP contribution in [0.3, 0.4) is 0 Å². The van der Waals surface area contributed by atoms with Crippen LogP contribution in [0.5, 0.6) is 0 Å². The van der Waals surface area contributed by atoms with Crippen molar-refractivity contribution in [3.63, 3.8) is 0 Å². The summed E-state index contributed by atoms with van der Waals surface area (Å²) in [5, 5.41) is 1.15. The third-order valence-corrected chi connectivity index (χ3v) is 3.72. The molecule has 0 aromatic carbocycles. The van der Waals surface area contributed by atoms with Crippen molar-refractivity contribution in [2.24, 2.45) is 11.1 Å². The molecule has 0 radical (unpaired) electrons. The van der Waals surface area contributed by atoms with Crippen molar-refractivity contribution < 1.29 is 0 Å². The van der Waals surface area contributed by atoms with Gasteiger partial charge < -0.3 is 10.6 Å². The van der Waals surface area contributed by atoms with Gasteiger partial charge in [0.15, 0.2) is 0 Å². The molecule has 0 spiro atoms. The highest BCUT2D eigenvalue weighted by molar-refractivity contribution is 7.11. The van der Waals surface area contributed by atoms with Crippen molar-refractivity contribution in [2.75, 3.05) is 20.1 Å². The lowest BCUT2D eigenvalue weighted by molar-refractivity contribution is 0.211. The van der Waals surface area contributed by atoms with Gasteiger partial charge in [-0.05, 0) is 32.9 Å². The Bertz CT molecular complexity index is 350. The summed E-state index contributed by atoms with van der Waals surface area (Å²) in [6.07, 6.45) is 0. The zero-order valence-electron chi connectivity index (χ0n) is 11.4. The lowest BCUT2D eigenvalue weighted by Crippen LogP contribution is -2.36. The van der Waals surface area contributed by atoms with Crippen LogP contribution < -0.4 is 5.73 Å². The van der Waals surface area contributed by atoms with E-state index in [2.05, 4.69) is 44.6 Å². The number of aryl methyl sites for hydroxylation is 2. The van der Waals surface area contributed by atoms with Gasteiger partial charge in [-0.25, -0.2) is 4.98 Å². The molecule has 0 bridgehead atoms. The smallest absolute Gasteiger partial charge is 0.0900 e. The highest BCUT2D eigenvalue weighted by atomic mass is 35.5. The summed E-state index contributed by atoms with van der Waals surface area (Å²) in [5.74, 6) is 0. The van der Waals surface area contributed by atoms with E-state index in [0.717, 1.165) is 24.6 Å². The molecular weight excluding hydrogens is 254 g/mol. The molecule has 0 saturated carbocycles. The molecule has 0 saturated heterocycles. The molecule has 1 aromatic heterocycles. The first-order valence-electron chi connectivity index (χ1n) is 5.65. The molecule has 100 valence electrons. The first-order valence-corrected chi connectivity index (χ1v) is 6.47. The van der Waals surface area contributed by atoms with Gasteiger partial charge in [-0.15, -0.1) is 23.7 Å². The highest BCUT2D eigenvalue weighted by Gasteiger charge is 2.19. The van der Waals surface area contributed by atoms with E-state index in [0.29, 0.717) is 0 Å². The summed E-state index contributed by atoms with van der Waals surface area (Å²) < 4.78 is 0. The summed E-state index contributed by atoms with van der Waals surface area (Å²) in [6.45, 7) is 11.3.